The van der Waals surface area contributed by atoms with Crippen molar-refractivity contribution in [1.29, 1.82) is 0 Å². The average molecular weight is 248 g/mol. The highest BCUT2D eigenvalue weighted by atomic mass is 16.5. The number of aryl methyl sites for hydroxylation is 3. The predicted octanol–water partition coefficient (Wildman–Crippen LogP) is 1.60. The maximum Gasteiger partial charge on any atom is 0.224 e. The molecule has 6 heteroatoms. The molecule has 0 fully saturated rings. The number of nitrogens with one attached hydrogen (secondary N) is 1. The van der Waals surface area contributed by atoms with Crippen molar-refractivity contribution in [3.8, 4) is 0 Å². The van der Waals surface area contributed by atoms with Gasteiger partial charge in [-0.05, 0) is 20.3 Å². The van der Waals surface area contributed by atoms with Crippen LogP contribution in [0.1, 0.15) is 23.4 Å². The number of hydrogen-bond donors (Lipinski definition) is 1. The fourth-order valence-corrected chi connectivity index (χ4v) is 1.81. The summed E-state index contributed by atoms with van der Waals surface area (Å²) in [4.78, 5) is 11.7. The maximum atomic E-state index is 11.7. The Labute approximate surface area is 105 Å². The molecule has 0 aromatic carbocycles. The molecule has 0 aliphatic carbocycles. The Bertz CT molecular complexity index is 537. The minimum atomic E-state index is -0.0389. The lowest BCUT2D eigenvalue weighted by Crippen LogP contribution is -2.12. The highest BCUT2D eigenvalue weighted by Gasteiger charge is 2.11. The summed E-state index contributed by atoms with van der Waals surface area (Å²) >= 11 is 0. The molecular weight excluding hydrogens is 232 g/mol. The molecule has 0 radical (unpaired) electrons. The summed E-state index contributed by atoms with van der Waals surface area (Å²) in [6.07, 6.45) is 4.41. The highest BCUT2D eigenvalue weighted by Crippen LogP contribution is 2.14. The van der Waals surface area contributed by atoms with Crippen molar-refractivity contribution >= 4 is 11.6 Å². The molecule has 2 aromatic heterocycles. The molecule has 0 aliphatic heterocycles. The fraction of sp³-hybridized carbons (Fsp3) is 0.417. The van der Waals surface area contributed by atoms with E-state index in [9.17, 15) is 4.79 Å². The summed E-state index contributed by atoms with van der Waals surface area (Å²) < 4.78 is 6.70. The van der Waals surface area contributed by atoms with Crippen LogP contribution >= 0.6 is 0 Å². The normalized spacial score (nSPS) is 10.6. The summed E-state index contributed by atoms with van der Waals surface area (Å²) in [6.45, 7) is 3.74. The molecular formula is C12H16N4O2. The molecule has 6 nitrogen and oxygen atoms in total. The molecule has 0 atom stereocenters. The van der Waals surface area contributed by atoms with Crippen molar-refractivity contribution in [2.75, 3.05) is 5.32 Å². The lowest BCUT2D eigenvalue weighted by atomic mass is 10.1. The Kier molecular flexibility index (Phi) is 3.45. The van der Waals surface area contributed by atoms with Gasteiger partial charge in [-0.1, -0.05) is 5.16 Å². The van der Waals surface area contributed by atoms with Crippen LogP contribution in [-0.4, -0.2) is 20.8 Å². The molecule has 0 saturated carbocycles. The van der Waals surface area contributed by atoms with Crippen LogP contribution in [-0.2, 0) is 18.3 Å². The zero-order valence-electron chi connectivity index (χ0n) is 10.7. The number of carbonyl (C=O) groups excluding carboxylic acids is 1. The molecule has 2 rings (SSSR count). The third-order valence-corrected chi connectivity index (χ3v) is 2.77. The van der Waals surface area contributed by atoms with E-state index in [2.05, 4.69) is 15.6 Å². The molecule has 0 spiro atoms. The van der Waals surface area contributed by atoms with Crippen LogP contribution in [0.2, 0.25) is 0 Å². The monoisotopic (exact) mass is 248 g/mol. The van der Waals surface area contributed by atoms with Crippen LogP contribution in [0.25, 0.3) is 0 Å². The van der Waals surface area contributed by atoms with Crippen molar-refractivity contribution in [3.05, 3.63) is 29.4 Å². The second-order valence-electron chi connectivity index (χ2n) is 4.25. The minimum absolute atomic E-state index is 0.0389. The lowest BCUT2D eigenvalue weighted by Gasteiger charge is -2.02. The largest absolute Gasteiger partial charge is 0.361 e. The summed E-state index contributed by atoms with van der Waals surface area (Å²) in [5.74, 6) is 0.740. The van der Waals surface area contributed by atoms with Gasteiger partial charge in [0.2, 0.25) is 5.91 Å². The van der Waals surface area contributed by atoms with E-state index in [-0.39, 0.29) is 5.91 Å². The predicted molar refractivity (Wildman–Crippen MR) is 66.1 cm³/mol. The maximum absolute atomic E-state index is 11.7. The molecule has 1 N–H and O–H groups in total. The van der Waals surface area contributed by atoms with Gasteiger partial charge in [0.15, 0.2) is 0 Å². The van der Waals surface area contributed by atoms with Crippen LogP contribution in [0.15, 0.2) is 16.9 Å². The Morgan fingerprint density at radius 3 is 2.83 bits per heavy atom. The quantitative estimate of drug-likeness (QED) is 0.891. The van der Waals surface area contributed by atoms with E-state index in [1.165, 1.54) is 0 Å². The molecule has 0 unspecified atom stereocenters. The number of aromatic nitrogens is 3. The highest BCUT2D eigenvalue weighted by molar-refractivity contribution is 5.90. The zero-order valence-corrected chi connectivity index (χ0v) is 10.7. The first-order valence-corrected chi connectivity index (χ1v) is 5.76. The second kappa shape index (κ2) is 5.03. The topological polar surface area (TPSA) is 73.0 Å². The standard InChI is InChI=1S/C12H16N4O2/c1-8-11(9(2)18-15-8)4-5-12(17)14-10-6-13-16(3)7-10/h6-7H,4-5H2,1-3H3,(H,14,17). The molecule has 1 amide bonds. The van der Waals surface area contributed by atoms with Gasteiger partial charge >= 0.3 is 0 Å². The van der Waals surface area contributed by atoms with Crippen molar-refractivity contribution in [2.45, 2.75) is 26.7 Å². The second-order valence-corrected chi connectivity index (χ2v) is 4.25. The number of nitrogens with zero attached hydrogens (tertiary/aromatic N) is 3. The number of amides is 1. The Balaban J connectivity index is 1.89. The first kappa shape index (κ1) is 12.3. The Hall–Kier alpha value is -2.11. The molecule has 18 heavy (non-hydrogen) atoms. The third kappa shape index (κ3) is 2.77. The Morgan fingerprint density at radius 1 is 1.50 bits per heavy atom. The number of carbonyl (C=O) groups is 1. The van der Waals surface area contributed by atoms with E-state index in [1.54, 1.807) is 24.1 Å². The minimum Gasteiger partial charge on any atom is -0.361 e. The zero-order chi connectivity index (χ0) is 13.1. The molecule has 2 aromatic rings. The van der Waals surface area contributed by atoms with Crippen molar-refractivity contribution in [2.24, 2.45) is 7.05 Å². The molecule has 2 heterocycles. The van der Waals surface area contributed by atoms with Crippen LogP contribution in [0.4, 0.5) is 5.69 Å². The third-order valence-electron chi connectivity index (χ3n) is 2.77. The Morgan fingerprint density at radius 2 is 2.28 bits per heavy atom. The summed E-state index contributed by atoms with van der Waals surface area (Å²) in [7, 11) is 1.81. The fourth-order valence-electron chi connectivity index (χ4n) is 1.81. The van der Waals surface area contributed by atoms with E-state index in [0.29, 0.717) is 18.5 Å². The summed E-state index contributed by atoms with van der Waals surface area (Å²) in [5, 5.41) is 10.6. The van der Waals surface area contributed by atoms with Gasteiger partial charge in [-0.3, -0.25) is 9.48 Å². The van der Waals surface area contributed by atoms with Crippen LogP contribution in [0.5, 0.6) is 0 Å². The van der Waals surface area contributed by atoms with E-state index in [0.717, 1.165) is 17.0 Å². The average Bonchev–Trinajstić information content (AvgIpc) is 2.84. The van der Waals surface area contributed by atoms with Crippen LogP contribution < -0.4 is 5.32 Å². The molecule has 0 aliphatic rings. The van der Waals surface area contributed by atoms with E-state index in [4.69, 9.17) is 4.52 Å². The first-order chi connectivity index (χ1) is 8.56. The smallest absolute Gasteiger partial charge is 0.224 e. The van der Waals surface area contributed by atoms with Crippen molar-refractivity contribution in [1.82, 2.24) is 14.9 Å². The summed E-state index contributed by atoms with van der Waals surface area (Å²) in [6, 6.07) is 0. The number of rotatable bonds is 4. The SMILES string of the molecule is Cc1noc(C)c1CCC(=O)Nc1cnn(C)c1. The lowest BCUT2D eigenvalue weighted by molar-refractivity contribution is -0.116. The van der Waals surface area contributed by atoms with Crippen molar-refractivity contribution in [3.63, 3.8) is 0 Å². The molecule has 0 bridgehead atoms. The van der Waals surface area contributed by atoms with Crippen LogP contribution in [0, 0.1) is 13.8 Å². The van der Waals surface area contributed by atoms with Crippen LogP contribution in [0.3, 0.4) is 0 Å². The van der Waals surface area contributed by atoms with Crippen molar-refractivity contribution < 1.29 is 9.32 Å². The number of hydrogen-bond acceptors (Lipinski definition) is 4. The van der Waals surface area contributed by atoms with Gasteiger partial charge < -0.3 is 9.84 Å². The van der Waals surface area contributed by atoms with Gasteiger partial charge in [0.05, 0.1) is 17.6 Å². The number of anilines is 1. The first-order valence-electron chi connectivity index (χ1n) is 5.76. The van der Waals surface area contributed by atoms with Gasteiger partial charge in [0, 0.05) is 25.2 Å². The van der Waals surface area contributed by atoms with Gasteiger partial charge in [0.25, 0.3) is 0 Å². The van der Waals surface area contributed by atoms with Gasteiger partial charge in [-0.15, -0.1) is 0 Å². The van der Waals surface area contributed by atoms with E-state index >= 15 is 0 Å². The van der Waals surface area contributed by atoms with Gasteiger partial charge in [-0.25, -0.2) is 0 Å². The van der Waals surface area contributed by atoms with E-state index < -0.39 is 0 Å². The van der Waals surface area contributed by atoms with Gasteiger partial charge in [-0.2, -0.15) is 5.10 Å². The summed E-state index contributed by atoms with van der Waals surface area (Å²) in [5.41, 5.74) is 2.57. The van der Waals surface area contributed by atoms with Gasteiger partial charge in [0.1, 0.15) is 5.76 Å². The molecule has 0 saturated heterocycles. The van der Waals surface area contributed by atoms with E-state index in [1.807, 2.05) is 13.8 Å². The molecule has 96 valence electrons.